The Morgan fingerprint density at radius 3 is 2.44 bits per heavy atom. The normalized spacial score (nSPS) is 8.61. The zero-order valence-electron chi connectivity index (χ0n) is 10.4. The lowest BCUT2D eigenvalue weighted by Gasteiger charge is -1.90. The van der Waals surface area contributed by atoms with Gasteiger partial charge in [0.05, 0.1) is 10.3 Å². The van der Waals surface area contributed by atoms with Gasteiger partial charge < -0.3 is 39.1 Å². The largest absolute Gasteiger partial charge is 1.00 e. The Hall–Kier alpha value is 0.180. The quantitative estimate of drug-likeness (QED) is 0.502. The number of nitrogens with one attached hydrogen (secondary N) is 1. The summed E-state index contributed by atoms with van der Waals surface area (Å²) in [6.07, 6.45) is 2.69. The number of nitrogens with zero attached hydrogens (tertiary/aromatic N) is 1. The number of H-pyrrole nitrogens is 1. The van der Waals surface area contributed by atoms with E-state index in [2.05, 4.69) is 28.9 Å². The van der Waals surface area contributed by atoms with Gasteiger partial charge in [0.2, 0.25) is 11.0 Å². The van der Waals surface area contributed by atoms with Crippen LogP contribution in [0.1, 0.15) is 17.5 Å². The molecule has 0 aromatic carbocycles. The van der Waals surface area contributed by atoms with E-state index in [-0.39, 0.29) is 40.6 Å². The van der Waals surface area contributed by atoms with Crippen molar-refractivity contribution in [3.8, 4) is 0 Å². The minimum atomic E-state index is 0. The van der Waals surface area contributed by atoms with Crippen LogP contribution in [0.5, 0.6) is 0 Å². The molecule has 0 fully saturated rings. The highest BCUT2D eigenvalue weighted by atomic mass is 79.9. The molecule has 0 amide bonds. The highest BCUT2D eigenvalue weighted by molar-refractivity contribution is 7.09. The van der Waals surface area contributed by atoms with E-state index in [1.165, 1.54) is 10.6 Å². The van der Waals surface area contributed by atoms with Crippen LogP contribution in [-0.2, 0) is 13.0 Å². The molecule has 18 heavy (non-hydrogen) atoms. The summed E-state index contributed by atoms with van der Waals surface area (Å²) in [6.45, 7) is 5.51. The van der Waals surface area contributed by atoms with Crippen molar-refractivity contribution in [3.63, 3.8) is 0 Å². The average Bonchev–Trinajstić information content (AvgIpc) is 2.94. The van der Waals surface area contributed by atoms with Crippen molar-refractivity contribution in [2.24, 2.45) is 0 Å². The van der Waals surface area contributed by atoms with Crippen LogP contribution in [0, 0.1) is 6.92 Å². The smallest absolute Gasteiger partial charge is 0.225 e. The SMILES string of the molecule is CC[n+]1csc(CCO)c1C.[Br-].[Br-].c1csc[nH+]1. The predicted octanol–water partition coefficient (Wildman–Crippen LogP) is -4.53. The molecule has 0 unspecified atom stereocenters. The number of aryl methyl sites for hydroxylation is 1. The van der Waals surface area contributed by atoms with Crippen molar-refractivity contribution in [3.05, 3.63) is 33.2 Å². The minimum Gasteiger partial charge on any atom is -1.00 e. The minimum absolute atomic E-state index is 0. The summed E-state index contributed by atoms with van der Waals surface area (Å²) in [6, 6.07) is 0. The van der Waals surface area contributed by atoms with Gasteiger partial charge in [-0.1, -0.05) is 22.7 Å². The van der Waals surface area contributed by atoms with Crippen LogP contribution in [0.4, 0.5) is 0 Å². The fraction of sp³-hybridized carbons (Fsp3) is 0.455. The second-order valence-corrected chi connectivity index (χ2v) is 4.93. The summed E-state index contributed by atoms with van der Waals surface area (Å²) in [7, 11) is 0. The van der Waals surface area contributed by atoms with Crippen molar-refractivity contribution < 1.29 is 48.6 Å². The second-order valence-electron chi connectivity index (χ2n) is 3.21. The van der Waals surface area contributed by atoms with E-state index in [1.54, 1.807) is 22.7 Å². The topological polar surface area (TPSA) is 38.2 Å². The molecule has 0 aliphatic carbocycles. The van der Waals surface area contributed by atoms with Gasteiger partial charge in [0.15, 0.2) is 11.9 Å². The van der Waals surface area contributed by atoms with Crippen molar-refractivity contribution in [2.45, 2.75) is 26.8 Å². The van der Waals surface area contributed by atoms with Gasteiger partial charge in [-0.15, -0.1) is 0 Å². The average molecular weight is 418 g/mol. The molecule has 104 valence electrons. The van der Waals surface area contributed by atoms with Crippen molar-refractivity contribution in [2.75, 3.05) is 6.61 Å². The Morgan fingerprint density at radius 2 is 2.11 bits per heavy atom. The molecule has 7 heteroatoms. The number of thiazole rings is 2. The first-order chi connectivity index (χ1) is 7.79. The van der Waals surface area contributed by atoms with E-state index in [0.29, 0.717) is 0 Å². The Bertz CT molecular complexity index is 376. The maximum absolute atomic E-state index is 8.72. The summed E-state index contributed by atoms with van der Waals surface area (Å²) >= 11 is 3.39. The van der Waals surface area contributed by atoms with Crippen molar-refractivity contribution in [1.82, 2.24) is 0 Å². The number of hydrogen-bond donors (Lipinski definition) is 1. The summed E-state index contributed by atoms with van der Waals surface area (Å²) in [5.41, 5.74) is 5.33. The molecule has 0 radical (unpaired) electrons. The lowest BCUT2D eigenvalue weighted by molar-refractivity contribution is -0.694. The molecular formula is C11H18Br2N2OS2. The zero-order valence-corrected chi connectivity index (χ0v) is 15.2. The molecule has 0 aliphatic heterocycles. The molecule has 0 spiro atoms. The molecule has 0 aliphatic rings. The van der Waals surface area contributed by atoms with Gasteiger partial charge in [0.25, 0.3) is 0 Å². The third kappa shape index (κ3) is 6.94. The Kier molecular flexibility index (Phi) is 13.9. The molecule has 2 rings (SSSR count). The molecule has 0 saturated carbocycles. The van der Waals surface area contributed by atoms with Gasteiger partial charge in [-0.2, -0.15) is 4.57 Å². The van der Waals surface area contributed by atoms with E-state index in [9.17, 15) is 0 Å². The van der Waals surface area contributed by atoms with Crippen LogP contribution in [-0.4, -0.2) is 11.7 Å². The lowest BCUT2D eigenvalue weighted by Crippen LogP contribution is -3.00. The van der Waals surface area contributed by atoms with E-state index >= 15 is 0 Å². The number of rotatable bonds is 3. The maximum Gasteiger partial charge on any atom is 0.225 e. The Morgan fingerprint density at radius 1 is 1.39 bits per heavy atom. The summed E-state index contributed by atoms with van der Waals surface area (Å²) in [4.78, 5) is 4.18. The molecular weight excluding hydrogens is 400 g/mol. The monoisotopic (exact) mass is 416 g/mol. The van der Waals surface area contributed by atoms with Gasteiger partial charge >= 0.3 is 0 Å². The van der Waals surface area contributed by atoms with Gasteiger partial charge in [0, 0.05) is 20.0 Å². The first-order valence-electron chi connectivity index (χ1n) is 5.25. The maximum atomic E-state index is 8.72. The van der Waals surface area contributed by atoms with Gasteiger partial charge in [-0.25, -0.2) is 4.98 Å². The van der Waals surface area contributed by atoms with Crippen LogP contribution in [0.3, 0.4) is 0 Å². The third-order valence-corrected chi connectivity index (χ3v) is 3.92. The fourth-order valence-corrected chi connectivity index (χ4v) is 2.75. The fourth-order valence-electron chi connectivity index (χ4n) is 1.30. The number of aliphatic hydroxyl groups is 1. The summed E-state index contributed by atoms with van der Waals surface area (Å²) in [5, 5.41) is 10.7. The summed E-state index contributed by atoms with van der Waals surface area (Å²) < 4.78 is 2.20. The number of aromatic amines is 1. The number of aromatic nitrogens is 2. The first kappa shape index (κ1) is 20.5. The molecule has 0 bridgehead atoms. The molecule has 2 heterocycles. The number of halogens is 2. The van der Waals surface area contributed by atoms with E-state index in [0.717, 1.165) is 13.0 Å². The second kappa shape index (κ2) is 12.2. The molecule has 2 N–H and O–H groups in total. The zero-order chi connectivity index (χ0) is 11.8. The Balaban J connectivity index is 0. The van der Waals surface area contributed by atoms with E-state index < -0.39 is 0 Å². The Labute approximate surface area is 137 Å². The molecule has 2 aromatic heterocycles. The molecule has 0 atom stereocenters. The predicted molar refractivity (Wildman–Crippen MR) is 66.6 cm³/mol. The van der Waals surface area contributed by atoms with Crippen molar-refractivity contribution in [1.29, 1.82) is 0 Å². The molecule has 0 saturated heterocycles. The van der Waals surface area contributed by atoms with E-state index in [1.807, 2.05) is 17.1 Å². The van der Waals surface area contributed by atoms with Crippen LogP contribution >= 0.6 is 22.7 Å². The molecule has 3 nitrogen and oxygen atoms in total. The van der Waals surface area contributed by atoms with Gasteiger partial charge in [-0.3, -0.25) is 0 Å². The highest BCUT2D eigenvalue weighted by Crippen LogP contribution is 2.10. The van der Waals surface area contributed by atoms with Crippen LogP contribution in [0.15, 0.2) is 22.6 Å². The standard InChI is InChI=1S/C8H14NOS.C3H3NS.2BrH/c1-3-9-6-11-8(4-5-10)7(9)2;1-2-5-3-4-1;;/h6,10H,3-5H2,1-2H3;1-3H;2*1H/q+1;;;/p-1. The van der Waals surface area contributed by atoms with Crippen LogP contribution in [0.25, 0.3) is 0 Å². The third-order valence-electron chi connectivity index (χ3n) is 2.22. The number of aliphatic hydroxyl groups excluding tert-OH is 1. The van der Waals surface area contributed by atoms with Crippen LogP contribution < -0.4 is 43.5 Å². The van der Waals surface area contributed by atoms with Crippen LogP contribution in [0.2, 0.25) is 0 Å². The van der Waals surface area contributed by atoms with Gasteiger partial charge in [0.1, 0.15) is 6.54 Å². The lowest BCUT2D eigenvalue weighted by atomic mass is 10.3. The first-order valence-corrected chi connectivity index (χ1v) is 7.07. The molecule has 2 aromatic rings. The highest BCUT2D eigenvalue weighted by Gasteiger charge is 2.11. The van der Waals surface area contributed by atoms with E-state index in [4.69, 9.17) is 5.11 Å². The van der Waals surface area contributed by atoms with Crippen molar-refractivity contribution >= 4 is 22.7 Å². The number of hydrogen-bond acceptors (Lipinski definition) is 3. The van der Waals surface area contributed by atoms with Gasteiger partial charge in [-0.05, 0) is 6.92 Å². The summed E-state index contributed by atoms with van der Waals surface area (Å²) in [5.74, 6) is 0.